The van der Waals surface area contributed by atoms with Crippen LogP contribution in [0.5, 0.6) is 0 Å². The first-order valence-electron chi connectivity index (χ1n) is 9.94. The Labute approximate surface area is 198 Å². The van der Waals surface area contributed by atoms with Gasteiger partial charge in [-0.15, -0.1) is 0 Å². The van der Waals surface area contributed by atoms with Crippen LogP contribution < -0.4 is 5.32 Å². The molecule has 0 radical (unpaired) electrons. The summed E-state index contributed by atoms with van der Waals surface area (Å²) >= 11 is 2.72. The van der Waals surface area contributed by atoms with Crippen molar-refractivity contribution in [3.63, 3.8) is 0 Å². The molecule has 1 heterocycles. The Bertz CT molecular complexity index is 1180. The third kappa shape index (κ3) is 6.49. The van der Waals surface area contributed by atoms with Crippen molar-refractivity contribution in [2.24, 2.45) is 0 Å². The largest absolute Gasteiger partial charge is 0.416 e. The lowest BCUT2D eigenvalue weighted by molar-refractivity contribution is -0.137. The van der Waals surface area contributed by atoms with Gasteiger partial charge in [-0.05, 0) is 79.8 Å². The van der Waals surface area contributed by atoms with Crippen LogP contribution in [0.1, 0.15) is 16.7 Å². The molecule has 0 atom stereocenters. The summed E-state index contributed by atoms with van der Waals surface area (Å²) in [4.78, 5) is 15.3. The van der Waals surface area contributed by atoms with Gasteiger partial charge in [0, 0.05) is 15.5 Å². The zero-order valence-electron chi connectivity index (χ0n) is 17.7. The number of nitrogens with one attached hydrogen (secondary N) is 1. The summed E-state index contributed by atoms with van der Waals surface area (Å²) in [6.07, 6.45) is -4.43. The van der Waals surface area contributed by atoms with E-state index in [9.17, 15) is 13.2 Å². The van der Waals surface area contributed by atoms with E-state index < -0.39 is 11.7 Å². The van der Waals surface area contributed by atoms with E-state index in [2.05, 4.69) is 20.3 Å². The first kappa shape index (κ1) is 23.1. The fraction of sp³-hybridized carbons (Fsp3) is 0.125. The summed E-state index contributed by atoms with van der Waals surface area (Å²) < 4.78 is 39.3. The smallest absolute Gasteiger partial charge is 0.324 e. The minimum atomic E-state index is -4.43. The quantitative estimate of drug-likeness (QED) is 0.305. The van der Waals surface area contributed by atoms with E-state index >= 15 is 0 Å². The monoisotopic (exact) mass is 484 g/mol. The number of alkyl halides is 3. The molecule has 3 aromatic carbocycles. The predicted molar refractivity (Wildman–Crippen MR) is 125 cm³/mol. The van der Waals surface area contributed by atoms with Crippen LogP contribution in [-0.2, 0) is 6.18 Å². The lowest BCUT2D eigenvalue weighted by atomic mass is 10.2. The number of rotatable bonds is 6. The van der Waals surface area contributed by atoms with Gasteiger partial charge in [0.1, 0.15) is 0 Å². The van der Waals surface area contributed by atoms with E-state index in [1.165, 1.54) is 29.6 Å². The van der Waals surface area contributed by atoms with Crippen LogP contribution in [-0.4, -0.2) is 15.0 Å². The van der Waals surface area contributed by atoms with Gasteiger partial charge in [-0.1, -0.05) is 41.5 Å². The molecule has 9 heteroatoms. The molecule has 1 aromatic heterocycles. The van der Waals surface area contributed by atoms with Crippen molar-refractivity contribution in [1.29, 1.82) is 0 Å². The molecule has 0 aliphatic carbocycles. The van der Waals surface area contributed by atoms with E-state index in [-0.39, 0.29) is 11.6 Å². The van der Waals surface area contributed by atoms with Gasteiger partial charge in [-0.25, -0.2) is 0 Å². The Hall–Kier alpha value is -3.04. The van der Waals surface area contributed by atoms with Crippen molar-refractivity contribution in [2.45, 2.75) is 40.1 Å². The number of benzene rings is 3. The summed E-state index contributed by atoms with van der Waals surface area (Å²) in [5, 5.41) is 3.78. The summed E-state index contributed by atoms with van der Waals surface area (Å²) in [5.41, 5.74) is 1.77. The number of hydrogen-bond donors (Lipinski definition) is 1. The van der Waals surface area contributed by atoms with E-state index in [1.54, 1.807) is 6.07 Å². The van der Waals surface area contributed by atoms with Crippen LogP contribution in [0.4, 0.5) is 24.8 Å². The minimum Gasteiger partial charge on any atom is -0.324 e. The Balaban J connectivity index is 1.65. The summed E-state index contributed by atoms with van der Waals surface area (Å²) in [6, 6.07) is 20.8. The molecule has 0 saturated heterocycles. The fourth-order valence-electron chi connectivity index (χ4n) is 2.81. The zero-order chi connectivity index (χ0) is 23.4. The van der Waals surface area contributed by atoms with Crippen molar-refractivity contribution in [1.82, 2.24) is 15.0 Å². The van der Waals surface area contributed by atoms with Crippen LogP contribution in [0.3, 0.4) is 0 Å². The van der Waals surface area contributed by atoms with Crippen molar-refractivity contribution in [3.8, 4) is 0 Å². The predicted octanol–water partition coefficient (Wildman–Crippen LogP) is 7.55. The molecule has 33 heavy (non-hydrogen) atoms. The lowest BCUT2D eigenvalue weighted by Crippen LogP contribution is -2.06. The molecule has 4 rings (SSSR count). The molecular formula is C24H19F3N4S2. The van der Waals surface area contributed by atoms with Gasteiger partial charge >= 0.3 is 6.18 Å². The van der Waals surface area contributed by atoms with Crippen LogP contribution >= 0.6 is 23.5 Å². The molecular weight excluding hydrogens is 465 g/mol. The van der Waals surface area contributed by atoms with Crippen LogP contribution in [0.25, 0.3) is 0 Å². The first-order chi connectivity index (χ1) is 15.7. The van der Waals surface area contributed by atoms with Crippen molar-refractivity contribution in [3.05, 3.63) is 89.5 Å². The third-order valence-corrected chi connectivity index (χ3v) is 6.25. The van der Waals surface area contributed by atoms with E-state index in [0.717, 1.165) is 33.1 Å². The Kier molecular flexibility index (Phi) is 6.90. The molecule has 0 fully saturated rings. The highest BCUT2D eigenvalue weighted by Gasteiger charge is 2.30. The minimum absolute atomic E-state index is 0.175. The highest BCUT2D eigenvalue weighted by molar-refractivity contribution is 7.99. The highest BCUT2D eigenvalue weighted by atomic mass is 32.2. The molecule has 168 valence electrons. The SMILES string of the molecule is Cc1ccc(Sc2nc(Nc3cccc(C(F)(F)F)c3)nc(Sc3ccc(C)cc3)n2)cc1. The number of anilines is 2. The molecule has 0 aliphatic rings. The number of aryl methyl sites for hydroxylation is 2. The first-order valence-corrected chi connectivity index (χ1v) is 11.6. The maximum absolute atomic E-state index is 13.1. The van der Waals surface area contributed by atoms with Crippen molar-refractivity contribution >= 4 is 35.2 Å². The van der Waals surface area contributed by atoms with Gasteiger partial charge in [0.05, 0.1) is 5.56 Å². The molecule has 4 nitrogen and oxygen atoms in total. The van der Waals surface area contributed by atoms with Crippen LogP contribution in [0.15, 0.2) is 92.9 Å². The molecule has 0 aliphatic heterocycles. The average Bonchev–Trinajstić information content (AvgIpc) is 2.76. The molecule has 0 spiro atoms. The number of hydrogen-bond acceptors (Lipinski definition) is 6. The van der Waals surface area contributed by atoms with Crippen molar-refractivity contribution < 1.29 is 13.2 Å². The Morgan fingerprint density at radius 1 is 0.697 bits per heavy atom. The fourth-order valence-corrected chi connectivity index (χ4v) is 4.36. The van der Waals surface area contributed by atoms with Gasteiger partial charge in [0.25, 0.3) is 0 Å². The average molecular weight is 485 g/mol. The number of aromatic nitrogens is 3. The standard InChI is InChI=1S/C24H19F3N4S2/c1-15-6-10-19(11-7-15)32-22-29-21(28-18-5-3-4-17(14-18)24(25,26)27)30-23(31-22)33-20-12-8-16(2)9-13-20/h3-14H,1-2H3,(H,28,29,30,31). The molecule has 0 amide bonds. The van der Waals surface area contributed by atoms with Gasteiger partial charge in [0.15, 0.2) is 10.3 Å². The molecule has 1 N–H and O–H groups in total. The molecule has 0 bridgehead atoms. The maximum atomic E-state index is 13.1. The maximum Gasteiger partial charge on any atom is 0.416 e. The molecule has 0 unspecified atom stereocenters. The van der Waals surface area contributed by atoms with Gasteiger partial charge in [0.2, 0.25) is 5.95 Å². The summed E-state index contributed by atoms with van der Waals surface area (Å²) in [6.45, 7) is 4.01. The number of halogens is 3. The van der Waals surface area contributed by atoms with Gasteiger partial charge in [-0.3, -0.25) is 0 Å². The Morgan fingerprint density at radius 3 is 1.70 bits per heavy atom. The second-order valence-corrected chi connectivity index (χ2v) is 9.34. The van der Waals surface area contributed by atoms with E-state index in [0.29, 0.717) is 10.3 Å². The molecule has 0 saturated carbocycles. The van der Waals surface area contributed by atoms with Crippen LogP contribution in [0, 0.1) is 13.8 Å². The second kappa shape index (κ2) is 9.84. The van der Waals surface area contributed by atoms with Gasteiger partial charge < -0.3 is 5.32 Å². The van der Waals surface area contributed by atoms with Gasteiger partial charge in [-0.2, -0.15) is 28.1 Å². The van der Waals surface area contributed by atoms with E-state index in [1.807, 2.05) is 62.4 Å². The lowest BCUT2D eigenvalue weighted by Gasteiger charge is -2.11. The Morgan fingerprint density at radius 2 is 1.21 bits per heavy atom. The topological polar surface area (TPSA) is 50.7 Å². The highest BCUT2D eigenvalue weighted by Crippen LogP contribution is 2.33. The van der Waals surface area contributed by atoms with E-state index in [4.69, 9.17) is 0 Å². The summed E-state index contributed by atoms with van der Waals surface area (Å²) in [7, 11) is 0. The molecule has 4 aromatic rings. The third-order valence-electron chi connectivity index (χ3n) is 4.50. The zero-order valence-corrected chi connectivity index (χ0v) is 19.4. The summed E-state index contributed by atoms with van der Waals surface area (Å²) in [5.74, 6) is 0.175. The number of nitrogens with zero attached hydrogens (tertiary/aromatic N) is 3. The van der Waals surface area contributed by atoms with Crippen molar-refractivity contribution in [2.75, 3.05) is 5.32 Å². The van der Waals surface area contributed by atoms with Crippen LogP contribution in [0.2, 0.25) is 0 Å². The second-order valence-electron chi connectivity index (χ2n) is 7.26. The normalized spacial score (nSPS) is 11.4.